The minimum Gasteiger partial charge on any atom is -0.486 e. The number of carbonyl (C=O) groups is 2. The van der Waals surface area contributed by atoms with Gasteiger partial charge in [-0.3, -0.25) is 9.59 Å². The third-order valence-corrected chi connectivity index (χ3v) is 5.42. The lowest BCUT2D eigenvalue weighted by Crippen LogP contribution is -2.44. The van der Waals surface area contributed by atoms with Crippen molar-refractivity contribution in [1.82, 2.24) is 5.32 Å². The second kappa shape index (κ2) is 8.99. The Kier molecular flexibility index (Phi) is 5.98. The Morgan fingerprint density at radius 2 is 1.66 bits per heavy atom. The van der Waals surface area contributed by atoms with Crippen molar-refractivity contribution in [2.24, 2.45) is 0 Å². The van der Waals surface area contributed by atoms with E-state index in [1.54, 1.807) is 18.2 Å². The zero-order chi connectivity index (χ0) is 20.1. The van der Waals surface area contributed by atoms with E-state index in [0.717, 1.165) is 25.9 Å². The van der Waals surface area contributed by atoms with Gasteiger partial charge in [0.15, 0.2) is 17.3 Å². The molecule has 0 spiro atoms. The number of benzene rings is 2. The first-order valence-electron chi connectivity index (χ1n) is 10.2. The van der Waals surface area contributed by atoms with Crippen LogP contribution in [0.4, 0.5) is 5.69 Å². The second-order valence-corrected chi connectivity index (χ2v) is 7.45. The van der Waals surface area contributed by atoms with Crippen molar-refractivity contribution in [2.45, 2.75) is 31.7 Å². The van der Waals surface area contributed by atoms with Gasteiger partial charge in [0.2, 0.25) is 5.91 Å². The number of Topliss-reactive ketones (excluding diaryl/α,β-unsaturated/α-hetero) is 1. The molecular formula is C23H26N2O4. The molecule has 1 N–H and O–H groups in total. The summed E-state index contributed by atoms with van der Waals surface area (Å²) in [5.41, 5.74) is 1.78. The molecule has 2 heterocycles. The number of para-hydroxylation sites is 1. The van der Waals surface area contributed by atoms with Crippen LogP contribution in [-0.4, -0.2) is 44.0 Å². The van der Waals surface area contributed by atoms with Gasteiger partial charge in [0.25, 0.3) is 0 Å². The van der Waals surface area contributed by atoms with Gasteiger partial charge >= 0.3 is 0 Å². The van der Waals surface area contributed by atoms with E-state index >= 15 is 0 Å². The smallest absolute Gasteiger partial charge is 0.220 e. The van der Waals surface area contributed by atoms with Crippen LogP contribution < -0.4 is 19.7 Å². The molecule has 152 valence electrons. The minimum atomic E-state index is -0.0611. The van der Waals surface area contributed by atoms with E-state index in [-0.39, 0.29) is 30.6 Å². The first-order valence-corrected chi connectivity index (χ1v) is 10.2. The SMILES string of the molecule is O=C(CCC(=O)c1ccc2c(c1)OCCO2)NC1CCN(c2ccccc2)CC1. The van der Waals surface area contributed by atoms with Crippen LogP contribution in [0.1, 0.15) is 36.0 Å². The highest BCUT2D eigenvalue weighted by Gasteiger charge is 2.21. The fraction of sp³-hybridized carbons (Fsp3) is 0.391. The summed E-state index contributed by atoms with van der Waals surface area (Å²) < 4.78 is 11.0. The number of ketones is 1. The number of nitrogens with zero attached hydrogens (tertiary/aromatic N) is 1. The Bertz CT molecular complexity index is 860. The number of fused-ring (bicyclic) bond motifs is 1. The summed E-state index contributed by atoms with van der Waals surface area (Å²) in [5, 5.41) is 3.09. The van der Waals surface area contributed by atoms with E-state index < -0.39 is 0 Å². The van der Waals surface area contributed by atoms with Crippen LogP contribution >= 0.6 is 0 Å². The van der Waals surface area contributed by atoms with Crippen molar-refractivity contribution < 1.29 is 19.1 Å². The van der Waals surface area contributed by atoms with Gasteiger partial charge in [-0.25, -0.2) is 0 Å². The largest absolute Gasteiger partial charge is 0.486 e. The van der Waals surface area contributed by atoms with Gasteiger partial charge in [-0.2, -0.15) is 0 Å². The standard InChI is InChI=1S/C23H26N2O4/c26-20(17-6-8-21-22(16-17)29-15-14-28-21)7-9-23(27)24-18-10-12-25(13-11-18)19-4-2-1-3-5-19/h1-6,8,16,18H,7,9-15H2,(H,24,27). The van der Waals surface area contributed by atoms with Gasteiger partial charge in [0, 0.05) is 43.2 Å². The molecule has 1 saturated heterocycles. The number of anilines is 1. The lowest BCUT2D eigenvalue weighted by atomic mass is 10.0. The van der Waals surface area contributed by atoms with Gasteiger partial charge in [-0.05, 0) is 43.2 Å². The lowest BCUT2D eigenvalue weighted by molar-refractivity contribution is -0.121. The molecule has 2 aromatic carbocycles. The molecule has 0 aromatic heterocycles. The fourth-order valence-corrected chi connectivity index (χ4v) is 3.81. The molecule has 2 aromatic rings. The third kappa shape index (κ3) is 4.88. The number of piperidine rings is 1. The molecule has 0 atom stereocenters. The molecule has 6 nitrogen and oxygen atoms in total. The van der Waals surface area contributed by atoms with E-state index in [1.807, 2.05) is 18.2 Å². The van der Waals surface area contributed by atoms with Crippen molar-refractivity contribution >= 4 is 17.4 Å². The number of nitrogens with one attached hydrogen (secondary N) is 1. The summed E-state index contributed by atoms with van der Waals surface area (Å²) in [7, 11) is 0. The van der Waals surface area contributed by atoms with Gasteiger partial charge in [-0.15, -0.1) is 0 Å². The number of hydrogen-bond donors (Lipinski definition) is 1. The first kappa shape index (κ1) is 19.3. The Labute approximate surface area is 170 Å². The molecule has 0 unspecified atom stereocenters. The van der Waals surface area contributed by atoms with Crippen molar-refractivity contribution in [3.63, 3.8) is 0 Å². The highest BCUT2D eigenvalue weighted by molar-refractivity contribution is 5.98. The zero-order valence-electron chi connectivity index (χ0n) is 16.4. The average molecular weight is 394 g/mol. The van der Waals surface area contributed by atoms with E-state index in [0.29, 0.717) is 30.3 Å². The van der Waals surface area contributed by atoms with Crippen LogP contribution in [0.25, 0.3) is 0 Å². The quantitative estimate of drug-likeness (QED) is 0.762. The fourth-order valence-electron chi connectivity index (χ4n) is 3.81. The number of amides is 1. The van der Waals surface area contributed by atoms with Crippen molar-refractivity contribution in [3.8, 4) is 11.5 Å². The first-order chi connectivity index (χ1) is 14.2. The predicted molar refractivity (Wildman–Crippen MR) is 111 cm³/mol. The maximum atomic E-state index is 12.4. The third-order valence-electron chi connectivity index (χ3n) is 5.42. The van der Waals surface area contributed by atoms with Gasteiger partial charge < -0.3 is 19.7 Å². The van der Waals surface area contributed by atoms with Gasteiger partial charge in [0.1, 0.15) is 13.2 Å². The molecule has 2 aliphatic rings. The molecule has 0 aliphatic carbocycles. The zero-order valence-corrected chi connectivity index (χ0v) is 16.4. The molecular weight excluding hydrogens is 368 g/mol. The van der Waals surface area contributed by atoms with Crippen LogP contribution in [-0.2, 0) is 4.79 Å². The number of rotatable bonds is 6. The van der Waals surface area contributed by atoms with Gasteiger partial charge in [0.05, 0.1) is 0 Å². The number of carbonyl (C=O) groups excluding carboxylic acids is 2. The average Bonchev–Trinajstić information content (AvgIpc) is 2.78. The van der Waals surface area contributed by atoms with E-state index in [9.17, 15) is 9.59 Å². The Balaban J connectivity index is 1.22. The summed E-state index contributed by atoms with van der Waals surface area (Å²) in [6.07, 6.45) is 2.22. The summed E-state index contributed by atoms with van der Waals surface area (Å²) in [5.74, 6) is 1.13. The van der Waals surface area contributed by atoms with Gasteiger partial charge in [-0.1, -0.05) is 18.2 Å². The van der Waals surface area contributed by atoms with Crippen molar-refractivity contribution in [2.75, 3.05) is 31.2 Å². The van der Waals surface area contributed by atoms with Crippen molar-refractivity contribution in [1.29, 1.82) is 0 Å². The van der Waals surface area contributed by atoms with E-state index in [4.69, 9.17) is 9.47 Å². The van der Waals surface area contributed by atoms with Crippen LogP contribution in [0.15, 0.2) is 48.5 Å². The van der Waals surface area contributed by atoms with Crippen LogP contribution in [0, 0.1) is 0 Å². The predicted octanol–water partition coefficient (Wildman–Crippen LogP) is 3.21. The summed E-state index contributed by atoms with van der Waals surface area (Å²) >= 11 is 0. The van der Waals surface area contributed by atoms with Crippen LogP contribution in [0.3, 0.4) is 0 Å². The minimum absolute atomic E-state index is 0.0592. The topological polar surface area (TPSA) is 67.9 Å². The molecule has 6 heteroatoms. The summed E-state index contributed by atoms with van der Waals surface area (Å²) in [4.78, 5) is 27.1. The highest BCUT2D eigenvalue weighted by atomic mass is 16.6. The Morgan fingerprint density at radius 1 is 0.931 bits per heavy atom. The molecule has 1 amide bonds. The lowest BCUT2D eigenvalue weighted by Gasteiger charge is -2.34. The number of ether oxygens (including phenoxy) is 2. The summed E-state index contributed by atoms with van der Waals surface area (Å²) in [6, 6.07) is 15.7. The molecule has 1 fully saturated rings. The Morgan fingerprint density at radius 3 is 2.41 bits per heavy atom. The monoisotopic (exact) mass is 394 g/mol. The normalized spacial score (nSPS) is 16.3. The highest BCUT2D eigenvalue weighted by Crippen LogP contribution is 2.31. The molecule has 29 heavy (non-hydrogen) atoms. The maximum absolute atomic E-state index is 12.4. The Hall–Kier alpha value is -3.02. The van der Waals surface area contributed by atoms with E-state index in [2.05, 4.69) is 22.3 Å². The number of hydrogen-bond acceptors (Lipinski definition) is 5. The second-order valence-electron chi connectivity index (χ2n) is 7.45. The molecule has 0 bridgehead atoms. The molecule has 2 aliphatic heterocycles. The van der Waals surface area contributed by atoms with Crippen LogP contribution in [0.5, 0.6) is 11.5 Å². The summed E-state index contributed by atoms with van der Waals surface area (Å²) in [6.45, 7) is 2.84. The van der Waals surface area contributed by atoms with Crippen molar-refractivity contribution in [3.05, 3.63) is 54.1 Å². The molecule has 4 rings (SSSR count). The molecule has 0 radical (unpaired) electrons. The molecule has 0 saturated carbocycles. The maximum Gasteiger partial charge on any atom is 0.220 e. The van der Waals surface area contributed by atoms with E-state index in [1.165, 1.54) is 5.69 Å². The van der Waals surface area contributed by atoms with Crippen LogP contribution in [0.2, 0.25) is 0 Å².